The Hall–Kier alpha value is -0.330. The van der Waals surface area contributed by atoms with Crippen molar-refractivity contribution >= 4 is 14.2 Å². The van der Waals surface area contributed by atoms with Gasteiger partial charge >= 0.3 is 14.2 Å². The summed E-state index contributed by atoms with van der Waals surface area (Å²) >= 11 is 0. The van der Waals surface area contributed by atoms with Crippen molar-refractivity contribution in [1.82, 2.24) is 0 Å². The maximum Gasteiger partial charge on any atom is 0.491 e. The van der Waals surface area contributed by atoms with Crippen LogP contribution in [-0.4, -0.2) is 42.2 Å². The molecule has 2 N–H and O–H groups in total. The molecule has 5 nitrogen and oxygen atoms in total. The van der Waals surface area contributed by atoms with E-state index >= 15 is 0 Å². The molecule has 7 heteroatoms. The van der Waals surface area contributed by atoms with Crippen LogP contribution >= 0.6 is 0 Å². The van der Waals surface area contributed by atoms with Crippen molar-refractivity contribution in [2.24, 2.45) is 5.73 Å². The van der Waals surface area contributed by atoms with E-state index in [4.69, 9.17) is 24.4 Å². The molecule has 26 heavy (non-hydrogen) atoms. The van der Waals surface area contributed by atoms with Gasteiger partial charge in [0.25, 0.3) is 0 Å². The number of hydrogen-bond acceptors (Lipinski definition) is 5. The molecule has 2 saturated heterocycles. The largest absolute Gasteiger partial charge is 0.491 e. The second-order valence-corrected chi connectivity index (χ2v) is 9.70. The van der Waals surface area contributed by atoms with E-state index in [-0.39, 0.29) is 0 Å². The van der Waals surface area contributed by atoms with Crippen LogP contribution in [0.5, 0.6) is 0 Å². The van der Waals surface area contributed by atoms with Crippen molar-refractivity contribution in [3.63, 3.8) is 0 Å². The van der Waals surface area contributed by atoms with Gasteiger partial charge in [-0.05, 0) is 73.7 Å². The smallest absolute Gasteiger partial charge is 0.400 e. The van der Waals surface area contributed by atoms with E-state index in [0.29, 0.717) is 0 Å². The average molecular weight is 365 g/mol. The Kier molecular flexibility index (Phi) is 5.60. The molecule has 148 valence electrons. The highest BCUT2D eigenvalue weighted by Crippen LogP contribution is 2.42. The molecule has 0 aromatic heterocycles. The summed E-state index contributed by atoms with van der Waals surface area (Å²) in [5.74, 6) is 1.98. The Bertz CT molecular complexity index is 536. The van der Waals surface area contributed by atoms with Crippen molar-refractivity contribution in [2.45, 2.75) is 110 Å². The molecule has 0 aliphatic carbocycles. The van der Waals surface area contributed by atoms with Crippen LogP contribution in [0.25, 0.3) is 0 Å². The molecule has 2 rings (SSSR count). The summed E-state index contributed by atoms with van der Waals surface area (Å²) in [7, 11) is -0.987. The lowest BCUT2D eigenvalue weighted by Gasteiger charge is -2.32. The van der Waals surface area contributed by atoms with Gasteiger partial charge in [-0.25, -0.2) is 0 Å². The number of nitrogens with two attached hydrogens (primary N) is 1. The Labute approximate surface area is 160 Å². The minimum atomic E-state index is -0.537. The van der Waals surface area contributed by atoms with Crippen LogP contribution in [0.3, 0.4) is 0 Å². The summed E-state index contributed by atoms with van der Waals surface area (Å²) in [5, 5.41) is 0. The molecule has 2 fully saturated rings. The van der Waals surface area contributed by atoms with Gasteiger partial charge in [-0.3, -0.25) is 0 Å². The van der Waals surface area contributed by atoms with E-state index < -0.39 is 42.2 Å². The van der Waals surface area contributed by atoms with Gasteiger partial charge < -0.3 is 24.4 Å². The molecule has 2 aliphatic rings. The third-order valence-corrected chi connectivity index (χ3v) is 6.93. The van der Waals surface area contributed by atoms with Crippen LogP contribution in [-0.2, 0) is 18.6 Å². The van der Waals surface area contributed by atoms with E-state index in [2.05, 4.69) is 41.5 Å². The van der Waals surface area contributed by atoms with Gasteiger partial charge in [0.1, 0.15) is 0 Å². The molecule has 0 unspecified atom stereocenters. The molecular weight excluding hydrogens is 328 g/mol. The quantitative estimate of drug-likeness (QED) is 0.753. The third kappa shape index (κ3) is 3.66. The zero-order chi connectivity index (χ0) is 20.2. The van der Waals surface area contributed by atoms with Crippen LogP contribution in [0.2, 0.25) is 0 Å². The molecule has 0 saturated carbocycles. The van der Waals surface area contributed by atoms with Gasteiger partial charge in [0.15, 0.2) is 0 Å². The predicted octanol–water partition coefficient (Wildman–Crippen LogP) is 3.69. The van der Waals surface area contributed by atoms with Gasteiger partial charge in [-0.1, -0.05) is 19.8 Å². The first kappa shape index (κ1) is 22.0. The van der Waals surface area contributed by atoms with Crippen LogP contribution < -0.4 is 5.73 Å². The monoisotopic (exact) mass is 365 g/mol. The van der Waals surface area contributed by atoms with E-state index in [9.17, 15) is 0 Å². The van der Waals surface area contributed by atoms with Gasteiger partial charge in [-0.2, -0.15) is 0 Å². The molecule has 0 aromatic carbocycles. The number of hydrogen-bond donors (Lipinski definition) is 1. The Morgan fingerprint density at radius 3 is 1.46 bits per heavy atom. The van der Waals surface area contributed by atoms with Crippen molar-refractivity contribution < 1.29 is 18.6 Å². The van der Waals surface area contributed by atoms with E-state index in [0.717, 1.165) is 18.3 Å². The maximum absolute atomic E-state index is 6.77. The minimum Gasteiger partial charge on any atom is -0.400 e. The van der Waals surface area contributed by atoms with Crippen LogP contribution in [0.1, 0.15) is 82.1 Å². The van der Waals surface area contributed by atoms with Gasteiger partial charge in [-0.15, -0.1) is 0 Å². The zero-order valence-corrected chi connectivity index (χ0v) is 18.4. The summed E-state index contributed by atoms with van der Waals surface area (Å²) in [4.78, 5) is 0. The summed E-state index contributed by atoms with van der Waals surface area (Å²) < 4.78 is 25.0. The molecule has 0 bridgehead atoms. The summed E-state index contributed by atoms with van der Waals surface area (Å²) in [6.07, 6.45) is 1.55. The minimum absolute atomic E-state index is 0.398. The van der Waals surface area contributed by atoms with Crippen molar-refractivity contribution in [3.05, 3.63) is 11.4 Å². The maximum atomic E-state index is 6.77. The van der Waals surface area contributed by atoms with Gasteiger partial charge in [0.2, 0.25) is 0 Å². The second-order valence-electron chi connectivity index (χ2n) is 9.70. The standard InChI is InChI=1S/C19H37B2NO4/c1-11-19(22,12-2)14(21-25-17(7,8)18(9,10)26-21)13-20-23-15(3,4)16(5,6)24-20/h13H,11-12,22H2,1-10H3/b14-13-. The molecule has 0 spiro atoms. The topological polar surface area (TPSA) is 62.9 Å². The highest BCUT2D eigenvalue weighted by Gasteiger charge is 2.56. The first-order chi connectivity index (χ1) is 11.6. The SMILES string of the molecule is CCC(N)(CC)/C(=C/B1OC(C)(C)C(C)(C)O1)B1OC(C)(C)C(C)(C)O1. The Morgan fingerprint density at radius 1 is 0.769 bits per heavy atom. The van der Waals surface area contributed by atoms with Crippen LogP contribution in [0, 0.1) is 0 Å². The molecule has 2 aliphatic heterocycles. The zero-order valence-electron chi connectivity index (χ0n) is 18.4. The van der Waals surface area contributed by atoms with E-state index in [1.807, 2.05) is 33.7 Å². The molecule has 2 heterocycles. The number of rotatable bonds is 5. The van der Waals surface area contributed by atoms with Crippen molar-refractivity contribution in [1.29, 1.82) is 0 Å². The van der Waals surface area contributed by atoms with E-state index in [1.165, 1.54) is 0 Å². The van der Waals surface area contributed by atoms with E-state index in [1.54, 1.807) is 0 Å². The van der Waals surface area contributed by atoms with Crippen molar-refractivity contribution in [2.75, 3.05) is 0 Å². The van der Waals surface area contributed by atoms with Crippen molar-refractivity contribution in [3.8, 4) is 0 Å². The summed E-state index contributed by atoms with van der Waals surface area (Å²) in [6.45, 7) is 20.6. The predicted molar refractivity (Wildman–Crippen MR) is 108 cm³/mol. The second kappa shape index (κ2) is 6.63. The first-order valence-corrected chi connectivity index (χ1v) is 9.83. The highest BCUT2D eigenvalue weighted by molar-refractivity contribution is 6.61. The fourth-order valence-electron chi connectivity index (χ4n) is 3.21. The molecule has 0 aromatic rings. The fourth-order valence-corrected chi connectivity index (χ4v) is 3.21. The van der Waals surface area contributed by atoms with Gasteiger partial charge in [0.05, 0.1) is 22.4 Å². The lowest BCUT2D eigenvalue weighted by Crippen LogP contribution is -2.48. The first-order valence-electron chi connectivity index (χ1n) is 9.83. The van der Waals surface area contributed by atoms with Crippen LogP contribution in [0.4, 0.5) is 0 Å². The molecule has 0 atom stereocenters. The summed E-state index contributed by atoms with van der Waals surface area (Å²) in [6, 6.07) is 0. The lowest BCUT2D eigenvalue weighted by molar-refractivity contribution is 0.00578. The van der Waals surface area contributed by atoms with Crippen LogP contribution in [0.15, 0.2) is 11.4 Å². The lowest BCUT2D eigenvalue weighted by atomic mass is 9.61. The molecular formula is C19H37B2NO4. The fraction of sp³-hybridized carbons (Fsp3) is 0.895. The molecule has 0 amide bonds. The average Bonchev–Trinajstić information content (AvgIpc) is 2.83. The highest BCUT2D eigenvalue weighted by atomic mass is 16.7. The molecule has 0 radical (unpaired) electrons. The van der Waals surface area contributed by atoms with Gasteiger partial charge in [0, 0.05) is 5.54 Å². The normalized spacial score (nSPS) is 27.3. The third-order valence-electron chi connectivity index (χ3n) is 6.93. The Morgan fingerprint density at radius 2 is 1.12 bits per heavy atom. The summed E-state index contributed by atoms with van der Waals surface area (Å²) in [5.41, 5.74) is 5.50. The Balaban J connectivity index is 2.42.